The van der Waals surface area contributed by atoms with Crippen molar-refractivity contribution in [3.8, 4) is 0 Å². The first-order chi connectivity index (χ1) is 8.58. The third kappa shape index (κ3) is 6.03. The van der Waals surface area contributed by atoms with E-state index in [-0.39, 0.29) is 0 Å². The summed E-state index contributed by atoms with van der Waals surface area (Å²) >= 11 is 0. The minimum Gasteiger partial charge on any atom is -0.374 e. The van der Waals surface area contributed by atoms with Crippen molar-refractivity contribution in [1.29, 1.82) is 10.8 Å². The second-order valence-electron chi connectivity index (χ2n) is 4.42. The molecule has 0 radical (unpaired) electrons. The van der Waals surface area contributed by atoms with Gasteiger partial charge in [-0.05, 0) is 37.8 Å². The summed E-state index contributed by atoms with van der Waals surface area (Å²) in [6, 6.07) is 8.53. The zero-order valence-electron chi connectivity index (χ0n) is 11.1. The van der Waals surface area contributed by atoms with Crippen molar-refractivity contribution in [3.63, 3.8) is 0 Å². The molecule has 1 rings (SSSR count). The molecule has 0 aliphatic carbocycles. The van der Waals surface area contributed by atoms with E-state index in [4.69, 9.17) is 10.8 Å². The fourth-order valence-electron chi connectivity index (χ4n) is 1.66. The molecular weight excluding hydrogens is 224 g/mol. The summed E-state index contributed by atoms with van der Waals surface area (Å²) in [6.07, 6.45) is 1.88. The number of hydrogen-bond donors (Lipinski definition) is 4. The van der Waals surface area contributed by atoms with Gasteiger partial charge >= 0.3 is 0 Å². The zero-order chi connectivity index (χ0) is 13.4. The molecule has 0 aliphatic rings. The maximum Gasteiger partial charge on any atom is 0.0899 e. The summed E-state index contributed by atoms with van der Waals surface area (Å²) in [7, 11) is 0. The Balaban J connectivity index is 2.33. The van der Waals surface area contributed by atoms with Crippen molar-refractivity contribution in [2.75, 3.05) is 13.1 Å². The molecule has 18 heavy (non-hydrogen) atoms. The molecule has 0 atom stereocenters. The summed E-state index contributed by atoms with van der Waals surface area (Å²) in [6.45, 7) is 5.12. The average Bonchev–Trinajstić information content (AvgIpc) is 2.30. The van der Waals surface area contributed by atoms with Crippen LogP contribution in [-0.4, -0.2) is 24.8 Å². The Kier molecular flexibility index (Phi) is 5.91. The van der Waals surface area contributed by atoms with E-state index in [1.54, 1.807) is 13.8 Å². The normalized spacial score (nSPS) is 9.89. The molecule has 4 N–H and O–H groups in total. The highest BCUT2D eigenvalue weighted by Gasteiger charge is 1.96. The van der Waals surface area contributed by atoms with Crippen LogP contribution in [0.25, 0.3) is 0 Å². The molecule has 0 saturated heterocycles. The van der Waals surface area contributed by atoms with E-state index < -0.39 is 0 Å². The molecule has 1 aromatic carbocycles. The van der Waals surface area contributed by atoms with E-state index in [9.17, 15) is 0 Å². The van der Waals surface area contributed by atoms with Crippen molar-refractivity contribution in [2.24, 2.45) is 0 Å². The van der Waals surface area contributed by atoms with Gasteiger partial charge in [0.1, 0.15) is 0 Å². The molecule has 0 aromatic heterocycles. The molecule has 1 aromatic rings. The molecule has 0 unspecified atom stereocenters. The van der Waals surface area contributed by atoms with Gasteiger partial charge in [-0.2, -0.15) is 0 Å². The number of benzene rings is 1. The van der Waals surface area contributed by atoms with Crippen LogP contribution in [0.5, 0.6) is 0 Å². The van der Waals surface area contributed by atoms with E-state index in [0.29, 0.717) is 11.7 Å². The minimum atomic E-state index is 0.514. The molecule has 4 heteroatoms. The lowest BCUT2D eigenvalue weighted by Crippen LogP contribution is -2.22. The highest BCUT2D eigenvalue weighted by Crippen LogP contribution is 2.05. The van der Waals surface area contributed by atoms with Crippen LogP contribution in [0.4, 0.5) is 0 Å². The summed E-state index contributed by atoms with van der Waals surface area (Å²) in [5.74, 6) is 1.03. The largest absolute Gasteiger partial charge is 0.374 e. The Morgan fingerprint density at radius 3 is 1.44 bits per heavy atom. The molecule has 0 bridgehead atoms. The minimum absolute atomic E-state index is 0.514. The van der Waals surface area contributed by atoms with Gasteiger partial charge in [0.25, 0.3) is 0 Å². The van der Waals surface area contributed by atoms with Crippen molar-refractivity contribution in [3.05, 3.63) is 35.4 Å². The fourth-order valence-corrected chi connectivity index (χ4v) is 1.66. The Hall–Kier alpha value is -1.84. The van der Waals surface area contributed by atoms with Crippen LogP contribution in [0.1, 0.15) is 25.0 Å². The van der Waals surface area contributed by atoms with Gasteiger partial charge in [-0.25, -0.2) is 0 Å². The highest BCUT2D eigenvalue weighted by molar-refractivity contribution is 5.76. The standard InChI is InChI=1S/C14H22N4/c1-11(15)17-9-7-13-3-5-14(6-4-13)8-10-18-12(2)16/h3-6H,7-10H2,1-2H3,(H2,15,17)(H2,16,18). The number of nitrogens with one attached hydrogen (secondary N) is 4. The maximum absolute atomic E-state index is 7.27. The molecule has 0 heterocycles. The topological polar surface area (TPSA) is 71.8 Å². The smallest absolute Gasteiger partial charge is 0.0899 e. The highest BCUT2D eigenvalue weighted by atomic mass is 14.9. The van der Waals surface area contributed by atoms with Gasteiger partial charge in [-0.15, -0.1) is 0 Å². The van der Waals surface area contributed by atoms with Gasteiger partial charge in [0.15, 0.2) is 0 Å². The van der Waals surface area contributed by atoms with Crippen LogP contribution in [0, 0.1) is 10.8 Å². The van der Waals surface area contributed by atoms with E-state index in [0.717, 1.165) is 25.9 Å². The molecule has 0 aliphatic heterocycles. The van der Waals surface area contributed by atoms with Crippen molar-refractivity contribution in [2.45, 2.75) is 26.7 Å². The third-order valence-electron chi connectivity index (χ3n) is 2.63. The Labute approximate surface area is 109 Å². The predicted octanol–water partition coefficient (Wildman–Crippen LogP) is 1.95. The monoisotopic (exact) mass is 246 g/mol. The molecule has 0 spiro atoms. The molecule has 98 valence electrons. The van der Waals surface area contributed by atoms with Gasteiger partial charge in [-0.1, -0.05) is 24.3 Å². The summed E-state index contributed by atoms with van der Waals surface area (Å²) in [5.41, 5.74) is 2.56. The second kappa shape index (κ2) is 7.48. The fraction of sp³-hybridized carbons (Fsp3) is 0.429. The van der Waals surface area contributed by atoms with Crippen LogP contribution in [-0.2, 0) is 12.8 Å². The van der Waals surface area contributed by atoms with Crippen LogP contribution in [0.3, 0.4) is 0 Å². The molecule has 0 fully saturated rings. The molecular formula is C14H22N4. The number of amidine groups is 2. The first kappa shape index (κ1) is 14.2. The van der Waals surface area contributed by atoms with Gasteiger partial charge in [0.2, 0.25) is 0 Å². The van der Waals surface area contributed by atoms with Crippen molar-refractivity contribution in [1.82, 2.24) is 10.6 Å². The lowest BCUT2D eigenvalue weighted by molar-refractivity contribution is 0.847. The van der Waals surface area contributed by atoms with Crippen LogP contribution in [0.15, 0.2) is 24.3 Å². The van der Waals surface area contributed by atoms with E-state index in [1.165, 1.54) is 11.1 Å². The maximum atomic E-state index is 7.27. The number of rotatable bonds is 6. The van der Waals surface area contributed by atoms with Crippen LogP contribution in [0.2, 0.25) is 0 Å². The van der Waals surface area contributed by atoms with Crippen LogP contribution < -0.4 is 10.6 Å². The molecule has 0 amide bonds. The quantitative estimate of drug-likeness (QED) is 0.457. The zero-order valence-corrected chi connectivity index (χ0v) is 11.1. The lowest BCUT2D eigenvalue weighted by atomic mass is 10.1. The molecule has 0 saturated carbocycles. The van der Waals surface area contributed by atoms with Gasteiger partial charge in [-0.3, -0.25) is 10.8 Å². The third-order valence-corrected chi connectivity index (χ3v) is 2.63. The van der Waals surface area contributed by atoms with E-state index >= 15 is 0 Å². The number of hydrogen-bond acceptors (Lipinski definition) is 2. The second-order valence-corrected chi connectivity index (χ2v) is 4.42. The van der Waals surface area contributed by atoms with Gasteiger partial charge in [0, 0.05) is 13.1 Å². The average molecular weight is 246 g/mol. The SMILES string of the molecule is CC(=N)NCCc1ccc(CCNC(C)=N)cc1. The van der Waals surface area contributed by atoms with Gasteiger partial charge in [0.05, 0.1) is 11.7 Å². The lowest BCUT2D eigenvalue weighted by Gasteiger charge is -2.07. The Morgan fingerprint density at radius 1 is 0.833 bits per heavy atom. The van der Waals surface area contributed by atoms with Crippen LogP contribution >= 0.6 is 0 Å². The predicted molar refractivity (Wildman–Crippen MR) is 76.7 cm³/mol. The summed E-state index contributed by atoms with van der Waals surface area (Å²) in [4.78, 5) is 0. The summed E-state index contributed by atoms with van der Waals surface area (Å²) in [5, 5.41) is 20.5. The van der Waals surface area contributed by atoms with Crippen molar-refractivity contribution < 1.29 is 0 Å². The first-order valence-corrected chi connectivity index (χ1v) is 6.24. The Morgan fingerprint density at radius 2 is 1.17 bits per heavy atom. The van der Waals surface area contributed by atoms with Gasteiger partial charge < -0.3 is 10.6 Å². The van der Waals surface area contributed by atoms with E-state index in [2.05, 4.69) is 34.9 Å². The first-order valence-electron chi connectivity index (χ1n) is 6.24. The molecule has 4 nitrogen and oxygen atoms in total. The summed E-state index contributed by atoms with van der Waals surface area (Å²) < 4.78 is 0. The van der Waals surface area contributed by atoms with Crippen molar-refractivity contribution >= 4 is 11.7 Å². The Bertz CT molecular complexity index is 356. The van der Waals surface area contributed by atoms with E-state index in [1.807, 2.05) is 0 Å².